The smallest absolute Gasteiger partial charge is 0.120 e. The zero-order valence-corrected chi connectivity index (χ0v) is 10.6. The van der Waals surface area contributed by atoms with Crippen molar-refractivity contribution >= 4 is 27.5 Å². The third-order valence-corrected chi connectivity index (χ3v) is 3.24. The fourth-order valence-electron chi connectivity index (χ4n) is 1.63. The molecule has 1 atom stereocenters. The van der Waals surface area contributed by atoms with E-state index in [1.54, 1.807) is 0 Å². The van der Waals surface area contributed by atoms with Gasteiger partial charge in [0.25, 0.3) is 0 Å². The molecule has 1 aromatic carbocycles. The van der Waals surface area contributed by atoms with Crippen LogP contribution in [-0.4, -0.2) is 6.61 Å². The van der Waals surface area contributed by atoms with E-state index in [0.717, 1.165) is 34.7 Å². The Hall–Kier alpha value is -0.470. The Morgan fingerprint density at radius 3 is 3.00 bits per heavy atom. The van der Waals surface area contributed by atoms with Crippen LogP contribution in [0.3, 0.4) is 0 Å². The van der Waals surface area contributed by atoms with Gasteiger partial charge in [0.1, 0.15) is 5.75 Å². The number of benzene rings is 1. The Bertz CT molecular complexity index is 376. The van der Waals surface area contributed by atoms with E-state index in [4.69, 9.17) is 16.3 Å². The normalized spacial score (nSPS) is 20.1. The molecule has 1 aromatic rings. The Labute approximate surface area is 103 Å². The van der Waals surface area contributed by atoms with E-state index in [9.17, 15) is 0 Å². The van der Waals surface area contributed by atoms with Crippen molar-refractivity contribution in [1.29, 1.82) is 0 Å². The van der Waals surface area contributed by atoms with Crippen molar-refractivity contribution in [3.05, 3.63) is 39.8 Å². The van der Waals surface area contributed by atoms with Crippen LogP contribution in [0.15, 0.2) is 39.8 Å². The van der Waals surface area contributed by atoms with E-state index in [-0.39, 0.29) is 0 Å². The van der Waals surface area contributed by atoms with Crippen molar-refractivity contribution in [1.82, 2.24) is 0 Å². The summed E-state index contributed by atoms with van der Waals surface area (Å²) in [6.45, 7) is 0.739. The minimum absolute atomic E-state index is 0.538. The number of rotatable bonds is 3. The van der Waals surface area contributed by atoms with Crippen LogP contribution in [0, 0.1) is 5.92 Å². The van der Waals surface area contributed by atoms with Crippen molar-refractivity contribution in [2.75, 3.05) is 6.61 Å². The predicted octanol–water partition coefficient (Wildman–Crippen LogP) is 4.36. The van der Waals surface area contributed by atoms with Gasteiger partial charge in [-0.1, -0.05) is 39.7 Å². The standard InChI is InChI=1S/C12H12BrClO/c13-10-2-1-3-12(7-10)15-8-9-4-5-11(14)6-9/h1-3,5,7,9H,4,6,8H2/t9-/m1/s1. The van der Waals surface area contributed by atoms with Crippen LogP contribution in [0.2, 0.25) is 0 Å². The number of hydrogen-bond donors (Lipinski definition) is 0. The summed E-state index contributed by atoms with van der Waals surface area (Å²) in [4.78, 5) is 0. The zero-order valence-electron chi connectivity index (χ0n) is 8.25. The summed E-state index contributed by atoms with van der Waals surface area (Å²) in [5.41, 5.74) is 0. The lowest BCUT2D eigenvalue weighted by Crippen LogP contribution is -2.08. The lowest BCUT2D eigenvalue weighted by molar-refractivity contribution is 0.255. The first kappa shape index (κ1) is 11.0. The van der Waals surface area contributed by atoms with Gasteiger partial charge in [-0.05, 0) is 31.0 Å². The molecular weight excluding hydrogens is 275 g/mol. The first-order valence-corrected chi connectivity index (χ1v) is 6.14. The predicted molar refractivity (Wildman–Crippen MR) is 66.3 cm³/mol. The van der Waals surface area contributed by atoms with Gasteiger partial charge in [0.15, 0.2) is 0 Å². The van der Waals surface area contributed by atoms with Gasteiger partial charge in [-0.15, -0.1) is 0 Å². The van der Waals surface area contributed by atoms with E-state index < -0.39 is 0 Å². The van der Waals surface area contributed by atoms with Gasteiger partial charge < -0.3 is 4.74 Å². The molecule has 0 saturated heterocycles. The maximum atomic E-state index is 5.91. The highest BCUT2D eigenvalue weighted by Gasteiger charge is 2.16. The molecule has 2 rings (SSSR count). The Kier molecular flexibility index (Phi) is 3.71. The minimum atomic E-state index is 0.538. The summed E-state index contributed by atoms with van der Waals surface area (Å²) < 4.78 is 6.74. The molecule has 0 spiro atoms. The summed E-state index contributed by atoms with van der Waals surface area (Å²) in [5.74, 6) is 1.45. The summed E-state index contributed by atoms with van der Waals surface area (Å²) in [6, 6.07) is 7.90. The van der Waals surface area contributed by atoms with Gasteiger partial charge >= 0.3 is 0 Å². The molecular formula is C12H12BrClO. The molecule has 1 aliphatic rings. The van der Waals surface area contributed by atoms with Crippen LogP contribution in [0.25, 0.3) is 0 Å². The maximum Gasteiger partial charge on any atom is 0.120 e. The molecule has 0 bridgehead atoms. The number of halogens is 2. The molecule has 0 saturated carbocycles. The summed E-state index contributed by atoms with van der Waals surface area (Å²) in [5, 5.41) is 0.970. The largest absolute Gasteiger partial charge is 0.493 e. The third kappa shape index (κ3) is 3.25. The molecule has 0 radical (unpaired) electrons. The van der Waals surface area contributed by atoms with Crippen molar-refractivity contribution in [3.63, 3.8) is 0 Å². The molecule has 3 heteroatoms. The van der Waals surface area contributed by atoms with Crippen LogP contribution >= 0.6 is 27.5 Å². The van der Waals surface area contributed by atoms with Crippen molar-refractivity contribution in [2.45, 2.75) is 12.8 Å². The van der Waals surface area contributed by atoms with E-state index in [0.29, 0.717) is 5.92 Å². The highest BCUT2D eigenvalue weighted by molar-refractivity contribution is 9.10. The Morgan fingerprint density at radius 1 is 1.47 bits per heavy atom. The van der Waals surface area contributed by atoms with E-state index in [1.165, 1.54) is 0 Å². The highest BCUT2D eigenvalue weighted by atomic mass is 79.9. The first-order valence-electron chi connectivity index (χ1n) is 4.97. The van der Waals surface area contributed by atoms with Crippen LogP contribution in [0.4, 0.5) is 0 Å². The van der Waals surface area contributed by atoms with E-state index in [1.807, 2.05) is 24.3 Å². The van der Waals surface area contributed by atoms with Gasteiger partial charge in [-0.2, -0.15) is 0 Å². The first-order chi connectivity index (χ1) is 7.24. The van der Waals surface area contributed by atoms with Crippen LogP contribution < -0.4 is 4.74 Å². The number of hydrogen-bond acceptors (Lipinski definition) is 1. The van der Waals surface area contributed by atoms with Crippen LogP contribution in [0.5, 0.6) is 5.75 Å². The monoisotopic (exact) mass is 286 g/mol. The van der Waals surface area contributed by atoms with Gasteiger partial charge in [0.05, 0.1) is 6.61 Å². The Balaban J connectivity index is 1.84. The maximum absolute atomic E-state index is 5.91. The molecule has 0 unspecified atom stereocenters. The minimum Gasteiger partial charge on any atom is -0.493 e. The summed E-state index contributed by atoms with van der Waals surface area (Å²) >= 11 is 9.33. The highest BCUT2D eigenvalue weighted by Crippen LogP contribution is 2.28. The molecule has 0 N–H and O–H groups in total. The molecule has 1 aliphatic carbocycles. The molecule has 0 fully saturated rings. The van der Waals surface area contributed by atoms with Gasteiger partial charge in [0, 0.05) is 15.4 Å². The van der Waals surface area contributed by atoms with Crippen LogP contribution in [0.1, 0.15) is 12.8 Å². The van der Waals surface area contributed by atoms with Crippen molar-refractivity contribution < 1.29 is 4.74 Å². The molecule has 0 heterocycles. The topological polar surface area (TPSA) is 9.23 Å². The van der Waals surface area contributed by atoms with E-state index in [2.05, 4.69) is 22.0 Å². The fraction of sp³-hybridized carbons (Fsp3) is 0.333. The summed E-state index contributed by atoms with van der Waals surface area (Å²) in [6.07, 6.45) is 4.07. The summed E-state index contributed by atoms with van der Waals surface area (Å²) in [7, 11) is 0. The quantitative estimate of drug-likeness (QED) is 0.802. The fourth-order valence-corrected chi connectivity index (χ4v) is 2.32. The number of ether oxygens (including phenoxy) is 1. The average Bonchev–Trinajstić information content (AvgIpc) is 2.62. The second-order valence-electron chi connectivity index (χ2n) is 3.73. The van der Waals surface area contributed by atoms with Crippen LogP contribution in [-0.2, 0) is 0 Å². The molecule has 15 heavy (non-hydrogen) atoms. The molecule has 0 aliphatic heterocycles. The third-order valence-electron chi connectivity index (χ3n) is 2.44. The van der Waals surface area contributed by atoms with Crippen molar-refractivity contribution in [2.24, 2.45) is 5.92 Å². The molecule has 1 nitrogen and oxygen atoms in total. The van der Waals surface area contributed by atoms with Gasteiger partial charge in [0.2, 0.25) is 0 Å². The number of allylic oxidation sites excluding steroid dienone is 2. The van der Waals surface area contributed by atoms with Gasteiger partial charge in [-0.25, -0.2) is 0 Å². The van der Waals surface area contributed by atoms with E-state index >= 15 is 0 Å². The van der Waals surface area contributed by atoms with Gasteiger partial charge in [-0.3, -0.25) is 0 Å². The second-order valence-corrected chi connectivity index (χ2v) is 5.13. The SMILES string of the molecule is ClC1=CC[C@@H](COc2cccc(Br)c2)C1. The zero-order chi connectivity index (χ0) is 10.7. The second kappa shape index (κ2) is 5.04. The lowest BCUT2D eigenvalue weighted by Gasteiger charge is -2.11. The average molecular weight is 288 g/mol. The lowest BCUT2D eigenvalue weighted by atomic mass is 10.1. The Morgan fingerprint density at radius 2 is 2.33 bits per heavy atom. The molecule has 0 amide bonds. The molecule has 80 valence electrons. The molecule has 0 aromatic heterocycles. The van der Waals surface area contributed by atoms with Crippen molar-refractivity contribution in [3.8, 4) is 5.75 Å².